The van der Waals surface area contributed by atoms with E-state index >= 15 is 0 Å². The van der Waals surface area contributed by atoms with Gasteiger partial charge in [0.05, 0.1) is 5.56 Å². The van der Waals surface area contributed by atoms with E-state index in [2.05, 4.69) is 0 Å². The van der Waals surface area contributed by atoms with E-state index in [1.165, 1.54) is 11.6 Å². The number of hydrogen-bond donors (Lipinski definition) is 1. The second kappa shape index (κ2) is 4.88. The van der Waals surface area contributed by atoms with Crippen molar-refractivity contribution in [2.24, 2.45) is 5.73 Å². The van der Waals surface area contributed by atoms with E-state index in [1.54, 1.807) is 13.0 Å². The fourth-order valence-electron chi connectivity index (χ4n) is 3.08. The molecule has 0 aliphatic heterocycles. The van der Waals surface area contributed by atoms with Crippen LogP contribution in [0.1, 0.15) is 34.7 Å². The van der Waals surface area contributed by atoms with Crippen LogP contribution in [-0.4, -0.2) is 0 Å². The molecule has 0 amide bonds. The molecular weight excluding hydrogens is 275 g/mol. The second-order valence-electron chi connectivity index (χ2n) is 5.55. The third-order valence-electron chi connectivity index (χ3n) is 4.16. The Kier molecular flexibility index (Phi) is 3.29. The van der Waals surface area contributed by atoms with E-state index in [0.29, 0.717) is 5.56 Å². The van der Waals surface area contributed by atoms with Crippen LogP contribution < -0.4 is 5.73 Å². The number of rotatable bonds is 1. The van der Waals surface area contributed by atoms with Gasteiger partial charge < -0.3 is 5.73 Å². The van der Waals surface area contributed by atoms with Crippen LogP contribution in [0.3, 0.4) is 0 Å². The maximum Gasteiger partial charge on any atom is 0.416 e. The van der Waals surface area contributed by atoms with Gasteiger partial charge in [0, 0.05) is 6.04 Å². The highest BCUT2D eigenvalue weighted by atomic mass is 19.4. The third kappa shape index (κ3) is 2.44. The van der Waals surface area contributed by atoms with Gasteiger partial charge in [0.2, 0.25) is 0 Å². The fourth-order valence-corrected chi connectivity index (χ4v) is 3.08. The monoisotopic (exact) mass is 291 g/mol. The first-order valence-corrected chi connectivity index (χ1v) is 6.93. The van der Waals surface area contributed by atoms with Crippen molar-refractivity contribution >= 4 is 0 Å². The van der Waals surface area contributed by atoms with Crippen LogP contribution in [0, 0.1) is 6.92 Å². The molecule has 0 heterocycles. The van der Waals surface area contributed by atoms with Crippen LogP contribution in [0.5, 0.6) is 0 Å². The lowest BCUT2D eigenvalue weighted by Gasteiger charge is -2.14. The normalized spacial score (nSPS) is 17.9. The lowest BCUT2D eigenvalue weighted by molar-refractivity contribution is -0.137. The maximum atomic E-state index is 12.8. The van der Waals surface area contributed by atoms with Gasteiger partial charge in [0.25, 0.3) is 0 Å². The average molecular weight is 291 g/mol. The Bertz CT molecular complexity index is 689. The summed E-state index contributed by atoms with van der Waals surface area (Å²) in [6.07, 6.45) is -2.52. The van der Waals surface area contributed by atoms with E-state index in [4.69, 9.17) is 5.73 Å². The SMILES string of the molecule is Cc1cc(C(F)(F)F)ccc1-c1cccc2c1CCC2N. The molecule has 21 heavy (non-hydrogen) atoms. The molecule has 1 atom stereocenters. The molecule has 110 valence electrons. The van der Waals surface area contributed by atoms with Crippen molar-refractivity contribution in [2.75, 3.05) is 0 Å². The van der Waals surface area contributed by atoms with E-state index in [0.717, 1.165) is 35.6 Å². The van der Waals surface area contributed by atoms with E-state index in [1.807, 2.05) is 18.2 Å². The topological polar surface area (TPSA) is 26.0 Å². The van der Waals surface area contributed by atoms with Gasteiger partial charge in [-0.3, -0.25) is 0 Å². The quantitative estimate of drug-likeness (QED) is 0.814. The van der Waals surface area contributed by atoms with Crippen LogP contribution in [0.4, 0.5) is 13.2 Å². The Morgan fingerprint density at radius 2 is 1.86 bits per heavy atom. The molecule has 0 fully saturated rings. The Morgan fingerprint density at radius 3 is 2.52 bits per heavy atom. The van der Waals surface area contributed by atoms with Crippen molar-refractivity contribution in [1.29, 1.82) is 0 Å². The number of nitrogens with two attached hydrogens (primary N) is 1. The van der Waals surface area contributed by atoms with Crippen molar-refractivity contribution in [2.45, 2.75) is 32.0 Å². The van der Waals surface area contributed by atoms with Crippen LogP contribution in [-0.2, 0) is 12.6 Å². The predicted octanol–water partition coefficient (Wildman–Crippen LogP) is 4.63. The summed E-state index contributed by atoms with van der Waals surface area (Å²) in [7, 11) is 0. The molecule has 2 N–H and O–H groups in total. The summed E-state index contributed by atoms with van der Waals surface area (Å²) in [6, 6.07) is 9.87. The zero-order valence-corrected chi connectivity index (χ0v) is 11.7. The summed E-state index contributed by atoms with van der Waals surface area (Å²) in [4.78, 5) is 0. The van der Waals surface area contributed by atoms with Gasteiger partial charge in [-0.25, -0.2) is 0 Å². The molecule has 3 rings (SSSR count). The molecule has 0 saturated carbocycles. The highest BCUT2D eigenvalue weighted by Crippen LogP contribution is 2.39. The Balaban J connectivity index is 2.11. The Morgan fingerprint density at radius 1 is 1.10 bits per heavy atom. The number of hydrogen-bond acceptors (Lipinski definition) is 1. The Labute approximate surface area is 121 Å². The highest BCUT2D eigenvalue weighted by molar-refractivity contribution is 5.73. The minimum Gasteiger partial charge on any atom is -0.324 e. The van der Waals surface area contributed by atoms with E-state index < -0.39 is 11.7 Å². The van der Waals surface area contributed by atoms with Crippen LogP contribution in [0.15, 0.2) is 36.4 Å². The van der Waals surface area contributed by atoms with Gasteiger partial charge >= 0.3 is 6.18 Å². The van der Waals surface area contributed by atoms with Crippen molar-refractivity contribution in [3.8, 4) is 11.1 Å². The largest absolute Gasteiger partial charge is 0.416 e. The molecule has 2 aromatic rings. The van der Waals surface area contributed by atoms with Crippen LogP contribution in [0.2, 0.25) is 0 Å². The van der Waals surface area contributed by atoms with Gasteiger partial charge in [-0.2, -0.15) is 13.2 Å². The molecule has 2 aromatic carbocycles. The summed E-state index contributed by atoms with van der Waals surface area (Å²) >= 11 is 0. The predicted molar refractivity (Wildman–Crippen MR) is 76.9 cm³/mol. The number of benzene rings is 2. The second-order valence-corrected chi connectivity index (χ2v) is 5.55. The number of fused-ring (bicyclic) bond motifs is 1. The zero-order valence-electron chi connectivity index (χ0n) is 11.7. The molecule has 0 saturated heterocycles. The van der Waals surface area contributed by atoms with E-state index in [-0.39, 0.29) is 6.04 Å². The zero-order chi connectivity index (χ0) is 15.2. The minimum absolute atomic E-state index is 0.0368. The molecule has 0 radical (unpaired) electrons. The Hall–Kier alpha value is -1.81. The molecule has 1 nitrogen and oxygen atoms in total. The lowest BCUT2D eigenvalue weighted by Crippen LogP contribution is -2.06. The molecular formula is C17H16F3N. The molecule has 1 aliphatic carbocycles. The lowest BCUT2D eigenvalue weighted by atomic mass is 9.92. The van der Waals surface area contributed by atoms with Gasteiger partial charge in [0.15, 0.2) is 0 Å². The van der Waals surface area contributed by atoms with Gasteiger partial charge in [-0.1, -0.05) is 24.3 Å². The first kappa shape index (κ1) is 14.1. The summed E-state index contributed by atoms with van der Waals surface area (Å²) in [5, 5.41) is 0. The summed E-state index contributed by atoms with van der Waals surface area (Å²) in [5.41, 5.74) is 10.3. The molecule has 1 aliphatic rings. The third-order valence-corrected chi connectivity index (χ3v) is 4.16. The smallest absolute Gasteiger partial charge is 0.324 e. The van der Waals surface area contributed by atoms with Gasteiger partial charge in [0.1, 0.15) is 0 Å². The average Bonchev–Trinajstić information content (AvgIpc) is 2.80. The van der Waals surface area contributed by atoms with E-state index in [9.17, 15) is 13.2 Å². The summed E-state index contributed by atoms with van der Waals surface area (Å²) < 4.78 is 38.3. The fraction of sp³-hybridized carbons (Fsp3) is 0.294. The highest BCUT2D eigenvalue weighted by Gasteiger charge is 2.31. The standard InChI is InChI=1S/C17H16F3N/c1-10-9-11(17(18,19)20)5-6-12(10)13-3-2-4-15-14(13)7-8-16(15)21/h2-6,9,16H,7-8,21H2,1H3. The molecule has 1 unspecified atom stereocenters. The van der Waals surface area contributed by atoms with Crippen molar-refractivity contribution < 1.29 is 13.2 Å². The molecule has 0 spiro atoms. The van der Waals surface area contributed by atoms with Gasteiger partial charge in [-0.15, -0.1) is 0 Å². The number of alkyl halides is 3. The van der Waals surface area contributed by atoms with Crippen molar-refractivity contribution in [1.82, 2.24) is 0 Å². The first-order valence-electron chi connectivity index (χ1n) is 6.93. The molecule has 0 bridgehead atoms. The van der Waals surface area contributed by atoms with Crippen LogP contribution in [0.25, 0.3) is 11.1 Å². The number of halogens is 3. The van der Waals surface area contributed by atoms with Crippen molar-refractivity contribution in [3.63, 3.8) is 0 Å². The number of aryl methyl sites for hydroxylation is 1. The summed E-state index contributed by atoms with van der Waals surface area (Å²) in [6.45, 7) is 1.72. The maximum absolute atomic E-state index is 12.8. The molecule has 4 heteroatoms. The first-order chi connectivity index (χ1) is 9.88. The minimum atomic E-state index is -4.30. The summed E-state index contributed by atoms with van der Waals surface area (Å²) in [5.74, 6) is 0. The van der Waals surface area contributed by atoms with Crippen molar-refractivity contribution in [3.05, 3.63) is 58.7 Å². The van der Waals surface area contributed by atoms with Crippen LogP contribution >= 0.6 is 0 Å². The van der Waals surface area contributed by atoms with Gasteiger partial charge in [-0.05, 0) is 59.7 Å². The molecule has 0 aromatic heterocycles.